The van der Waals surface area contributed by atoms with Gasteiger partial charge in [0.1, 0.15) is 0 Å². The van der Waals surface area contributed by atoms with Gasteiger partial charge < -0.3 is 10.6 Å². The fourth-order valence-electron chi connectivity index (χ4n) is 1.50. The molecule has 1 fully saturated rings. The molecule has 2 N–H and O–H groups in total. The zero-order valence-electron chi connectivity index (χ0n) is 6.72. The summed E-state index contributed by atoms with van der Waals surface area (Å²) < 4.78 is 0. The number of hydrogen-bond donors (Lipinski definition) is 2. The number of nitrogens with one attached hydrogen (secondary N) is 2. The largest absolute Gasteiger partial charge is 0.315 e. The molecule has 2 nitrogen and oxygen atoms in total. The van der Waals surface area contributed by atoms with E-state index in [1.54, 1.807) is 0 Å². The molecule has 1 saturated carbocycles. The zero-order chi connectivity index (χ0) is 7.56. The van der Waals surface area contributed by atoms with Gasteiger partial charge in [-0.15, -0.1) is 6.58 Å². The van der Waals surface area contributed by atoms with Crippen LogP contribution in [0.4, 0.5) is 0 Å². The van der Waals surface area contributed by atoms with E-state index >= 15 is 0 Å². The van der Waals surface area contributed by atoms with Gasteiger partial charge in [-0.3, -0.25) is 0 Å². The first-order chi connectivity index (χ1) is 4.85. The van der Waals surface area contributed by atoms with Gasteiger partial charge in [-0.2, -0.15) is 0 Å². The molecular formula is C8H16N2. The SMILES string of the molecule is C=CC1C(NC)C1NCC. The molecule has 1 aliphatic rings. The minimum absolute atomic E-state index is 0.623. The Labute approximate surface area is 62.7 Å². The topological polar surface area (TPSA) is 24.1 Å². The first-order valence-electron chi connectivity index (χ1n) is 3.88. The molecule has 1 rings (SSSR count). The second-order valence-electron chi connectivity index (χ2n) is 2.71. The molecule has 0 aromatic carbocycles. The number of rotatable bonds is 4. The van der Waals surface area contributed by atoms with E-state index in [1.807, 2.05) is 13.1 Å². The van der Waals surface area contributed by atoms with Crippen molar-refractivity contribution in [2.75, 3.05) is 13.6 Å². The van der Waals surface area contributed by atoms with Gasteiger partial charge in [0, 0.05) is 18.0 Å². The van der Waals surface area contributed by atoms with Crippen molar-refractivity contribution in [3.8, 4) is 0 Å². The summed E-state index contributed by atoms with van der Waals surface area (Å²) in [5, 5.41) is 6.63. The average Bonchev–Trinajstić information content (AvgIpc) is 2.62. The summed E-state index contributed by atoms with van der Waals surface area (Å²) in [6.45, 7) is 6.95. The number of hydrogen-bond acceptors (Lipinski definition) is 2. The second kappa shape index (κ2) is 3.17. The summed E-state index contributed by atoms with van der Waals surface area (Å²) in [6, 6.07) is 1.25. The molecule has 0 bridgehead atoms. The highest BCUT2D eigenvalue weighted by Gasteiger charge is 2.46. The molecule has 0 aromatic heterocycles. The van der Waals surface area contributed by atoms with Crippen LogP contribution in [0.5, 0.6) is 0 Å². The van der Waals surface area contributed by atoms with Crippen LogP contribution < -0.4 is 10.6 Å². The van der Waals surface area contributed by atoms with Gasteiger partial charge >= 0.3 is 0 Å². The summed E-state index contributed by atoms with van der Waals surface area (Å²) in [4.78, 5) is 0. The molecule has 58 valence electrons. The van der Waals surface area contributed by atoms with Crippen LogP contribution in [-0.4, -0.2) is 25.7 Å². The highest BCUT2D eigenvalue weighted by molar-refractivity contribution is 5.15. The molecule has 1 aliphatic carbocycles. The van der Waals surface area contributed by atoms with Gasteiger partial charge in [0.2, 0.25) is 0 Å². The molecule has 0 radical (unpaired) electrons. The smallest absolute Gasteiger partial charge is 0.0305 e. The average molecular weight is 140 g/mol. The third-order valence-electron chi connectivity index (χ3n) is 2.12. The fourth-order valence-corrected chi connectivity index (χ4v) is 1.50. The Balaban J connectivity index is 2.29. The maximum atomic E-state index is 3.77. The monoisotopic (exact) mass is 140 g/mol. The number of likely N-dealkylation sites (N-methyl/N-ethyl adjacent to an activating group) is 2. The summed E-state index contributed by atoms with van der Waals surface area (Å²) in [7, 11) is 2.00. The molecule has 3 unspecified atom stereocenters. The zero-order valence-corrected chi connectivity index (χ0v) is 6.72. The van der Waals surface area contributed by atoms with Gasteiger partial charge in [0.15, 0.2) is 0 Å². The van der Waals surface area contributed by atoms with Crippen molar-refractivity contribution in [2.24, 2.45) is 5.92 Å². The van der Waals surface area contributed by atoms with Crippen molar-refractivity contribution >= 4 is 0 Å². The van der Waals surface area contributed by atoms with Crippen molar-refractivity contribution in [3.05, 3.63) is 12.7 Å². The fraction of sp³-hybridized carbons (Fsp3) is 0.750. The second-order valence-corrected chi connectivity index (χ2v) is 2.71. The van der Waals surface area contributed by atoms with Crippen LogP contribution in [0.15, 0.2) is 12.7 Å². The molecule has 0 amide bonds. The Bertz CT molecular complexity index is 122. The molecular weight excluding hydrogens is 124 g/mol. The Hall–Kier alpha value is -0.340. The molecule has 2 heteroatoms. The molecule has 0 spiro atoms. The van der Waals surface area contributed by atoms with Crippen LogP contribution in [0.25, 0.3) is 0 Å². The van der Waals surface area contributed by atoms with Crippen molar-refractivity contribution in [1.82, 2.24) is 10.6 Å². The van der Waals surface area contributed by atoms with Gasteiger partial charge in [0.25, 0.3) is 0 Å². The predicted octanol–water partition coefficient (Wildman–Crippen LogP) is 0.368. The van der Waals surface area contributed by atoms with E-state index in [0.29, 0.717) is 18.0 Å². The van der Waals surface area contributed by atoms with Crippen molar-refractivity contribution in [2.45, 2.75) is 19.0 Å². The summed E-state index contributed by atoms with van der Waals surface area (Å²) in [5.74, 6) is 0.643. The first-order valence-corrected chi connectivity index (χ1v) is 3.88. The van der Waals surface area contributed by atoms with Crippen molar-refractivity contribution < 1.29 is 0 Å². The van der Waals surface area contributed by atoms with Crippen LogP contribution >= 0.6 is 0 Å². The van der Waals surface area contributed by atoms with Crippen molar-refractivity contribution in [1.29, 1.82) is 0 Å². The maximum Gasteiger partial charge on any atom is 0.0305 e. The molecule has 0 aliphatic heterocycles. The highest BCUT2D eigenvalue weighted by Crippen LogP contribution is 2.31. The summed E-state index contributed by atoms with van der Waals surface area (Å²) in [6.07, 6.45) is 2.02. The highest BCUT2D eigenvalue weighted by atomic mass is 15.1. The minimum Gasteiger partial charge on any atom is -0.315 e. The summed E-state index contributed by atoms with van der Waals surface area (Å²) >= 11 is 0. The van der Waals surface area contributed by atoms with Crippen LogP contribution in [0.3, 0.4) is 0 Å². The molecule has 3 atom stereocenters. The van der Waals surface area contributed by atoms with E-state index in [4.69, 9.17) is 0 Å². The van der Waals surface area contributed by atoms with Gasteiger partial charge in [-0.05, 0) is 13.6 Å². The third-order valence-corrected chi connectivity index (χ3v) is 2.12. The lowest BCUT2D eigenvalue weighted by atomic mass is 10.4. The molecule has 10 heavy (non-hydrogen) atoms. The van der Waals surface area contributed by atoms with Crippen LogP contribution in [0.1, 0.15) is 6.92 Å². The Morgan fingerprint density at radius 3 is 2.50 bits per heavy atom. The van der Waals surface area contributed by atoms with Crippen molar-refractivity contribution in [3.63, 3.8) is 0 Å². The van der Waals surface area contributed by atoms with Crippen LogP contribution in [0.2, 0.25) is 0 Å². The van der Waals surface area contributed by atoms with Gasteiger partial charge in [0.05, 0.1) is 0 Å². The van der Waals surface area contributed by atoms with Gasteiger partial charge in [-0.25, -0.2) is 0 Å². The predicted molar refractivity (Wildman–Crippen MR) is 44.0 cm³/mol. The third kappa shape index (κ3) is 1.22. The standard InChI is InChI=1S/C8H16N2/c1-4-6-7(9-3)8(6)10-5-2/h4,6-10H,1,5H2,2-3H3. The first kappa shape index (κ1) is 7.76. The summed E-state index contributed by atoms with van der Waals surface area (Å²) in [5.41, 5.74) is 0. The van der Waals surface area contributed by atoms with E-state index < -0.39 is 0 Å². The molecule has 0 heterocycles. The van der Waals surface area contributed by atoms with E-state index in [-0.39, 0.29) is 0 Å². The molecule has 0 saturated heterocycles. The van der Waals surface area contributed by atoms with E-state index in [1.165, 1.54) is 0 Å². The van der Waals surface area contributed by atoms with Crippen LogP contribution in [0, 0.1) is 5.92 Å². The van der Waals surface area contributed by atoms with E-state index in [0.717, 1.165) is 6.54 Å². The normalized spacial score (nSPS) is 37.6. The van der Waals surface area contributed by atoms with E-state index in [2.05, 4.69) is 24.1 Å². The Morgan fingerprint density at radius 2 is 2.20 bits per heavy atom. The lowest BCUT2D eigenvalue weighted by molar-refractivity contribution is 0.660. The lowest BCUT2D eigenvalue weighted by Gasteiger charge is -1.96. The molecule has 0 aromatic rings. The quantitative estimate of drug-likeness (QED) is 0.551. The Kier molecular flexibility index (Phi) is 2.46. The Morgan fingerprint density at radius 1 is 1.50 bits per heavy atom. The maximum absolute atomic E-state index is 3.77. The minimum atomic E-state index is 0.623. The van der Waals surface area contributed by atoms with Gasteiger partial charge in [-0.1, -0.05) is 13.0 Å². The lowest BCUT2D eigenvalue weighted by Crippen LogP contribution is -2.24. The van der Waals surface area contributed by atoms with E-state index in [9.17, 15) is 0 Å². The van der Waals surface area contributed by atoms with Crippen LogP contribution in [-0.2, 0) is 0 Å².